The first-order valence-corrected chi connectivity index (χ1v) is 7.85. The molecule has 0 radical (unpaired) electrons. The molecule has 1 saturated heterocycles. The number of carbonyl (C=O) groups excluding carboxylic acids is 1. The molecular formula is C16H22F2N2O4. The van der Waals surface area contributed by atoms with Crippen LogP contribution in [0.15, 0.2) is 18.2 Å². The van der Waals surface area contributed by atoms with Gasteiger partial charge in [-0.15, -0.1) is 0 Å². The van der Waals surface area contributed by atoms with E-state index in [0.29, 0.717) is 25.3 Å². The van der Waals surface area contributed by atoms with Crippen molar-refractivity contribution < 1.29 is 27.8 Å². The highest BCUT2D eigenvalue weighted by atomic mass is 19.3. The summed E-state index contributed by atoms with van der Waals surface area (Å²) in [6.07, 6.45) is -0.259. The normalized spacial score (nSPS) is 20.7. The van der Waals surface area contributed by atoms with E-state index in [4.69, 9.17) is 9.47 Å². The SMILES string of the molecule is CCOc1cccc(CNC(=O)[C@H]2NCCO[C@@H]2C)c1OC(F)F. The molecular weight excluding hydrogens is 322 g/mol. The van der Waals surface area contributed by atoms with Crippen LogP contribution in [0.25, 0.3) is 0 Å². The highest BCUT2D eigenvalue weighted by molar-refractivity contribution is 5.82. The third-order valence-corrected chi connectivity index (χ3v) is 3.62. The lowest BCUT2D eigenvalue weighted by atomic mass is 10.1. The topological polar surface area (TPSA) is 68.8 Å². The first-order valence-electron chi connectivity index (χ1n) is 7.85. The number of morpholine rings is 1. The molecule has 0 aliphatic carbocycles. The summed E-state index contributed by atoms with van der Waals surface area (Å²) < 4.78 is 40.7. The van der Waals surface area contributed by atoms with Crippen LogP contribution in [-0.4, -0.2) is 44.4 Å². The largest absolute Gasteiger partial charge is 0.490 e. The van der Waals surface area contributed by atoms with Crippen LogP contribution in [0.1, 0.15) is 19.4 Å². The highest BCUT2D eigenvalue weighted by Crippen LogP contribution is 2.32. The van der Waals surface area contributed by atoms with Crippen molar-refractivity contribution in [2.24, 2.45) is 0 Å². The third kappa shape index (κ3) is 4.78. The zero-order valence-corrected chi connectivity index (χ0v) is 13.7. The number of carbonyl (C=O) groups is 1. The van der Waals surface area contributed by atoms with Crippen LogP contribution in [0.2, 0.25) is 0 Å². The Morgan fingerprint density at radius 2 is 2.29 bits per heavy atom. The van der Waals surface area contributed by atoms with Gasteiger partial charge in [0.2, 0.25) is 5.91 Å². The first-order chi connectivity index (χ1) is 11.5. The van der Waals surface area contributed by atoms with Crippen molar-refractivity contribution in [2.45, 2.75) is 39.1 Å². The standard InChI is InChI=1S/C16H22F2N2O4/c1-3-22-12-6-4-5-11(14(12)24-16(17)18)9-20-15(21)13-10(2)23-8-7-19-13/h4-6,10,13,16,19H,3,7-9H2,1-2H3,(H,20,21)/t10-,13+/m1/s1. The second kappa shape index (κ2) is 8.79. The summed E-state index contributed by atoms with van der Waals surface area (Å²) in [5.41, 5.74) is 0.416. The first kappa shape index (κ1) is 18.4. The van der Waals surface area contributed by atoms with Gasteiger partial charge in [-0.2, -0.15) is 8.78 Å². The predicted octanol–water partition coefficient (Wildman–Crippen LogP) is 1.68. The van der Waals surface area contributed by atoms with E-state index in [1.165, 1.54) is 0 Å². The number of nitrogens with one attached hydrogen (secondary N) is 2. The Bertz CT molecular complexity index is 557. The Balaban J connectivity index is 2.07. The van der Waals surface area contributed by atoms with Gasteiger partial charge in [-0.1, -0.05) is 12.1 Å². The average Bonchev–Trinajstić information content (AvgIpc) is 2.55. The lowest BCUT2D eigenvalue weighted by molar-refractivity contribution is -0.129. The molecule has 6 nitrogen and oxygen atoms in total. The summed E-state index contributed by atoms with van der Waals surface area (Å²) in [7, 11) is 0. The van der Waals surface area contributed by atoms with Crippen LogP contribution in [0.3, 0.4) is 0 Å². The maximum absolute atomic E-state index is 12.7. The monoisotopic (exact) mass is 344 g/mol. The van der Waals surface area contributed by atoms with E-state index in [0.717, 1.165) is 0 Å². The molecule has 0 unspecified atom stereocenters. The quantitative estimate of drug-likeness (QED) is 0.788. The highest BCUT2D eigenvalue weighted by Gasteiger charge is 2.28. The number of hydrogen-bond donors (Lipinski definition) is 2. The summed E-state index contributed by atoms with van der Waals surface area (Å²) in [6.45, 7) is 2.07. The molecule has 1 amide bonds. The number of amides is 1. The Kier molecular flexibility index (Phi) is 6.74. The van der Waals surface area contributed by atoms with Gasteiger partial charge in [0.25, 0.3) is 0 Å². The van der Waals surface area contributed by atoms with Gasteiger partial charge in [-0.05, 0) is 19.9 Å². The van der Waals surface area contributed by atoms with E-state index < -0.39 is 12.7 Å². The smallest absolute Gasteiger partial charge is 0.387 e. The van der Waals surface area contributed by atoms with Crippen molar-refractivity contribution in [3.63, 3.8) is 0 Å². The Labute approximate surface area is 139 Å². The number of halogens is 2. The van der Waals surface area contributed by atoms with Crippen molar-refractivity contribution in [3.05, 3.63) is 23.8 Å². The van der Waals surface area contributed by atoms with Gasteiger partial charge >= 0.3 is 6.61 Å². The molecule has 24 heavy (non-hydrogen) atoms. The van der Waals surface area contributed by atoms with E-state index in [1.54, 1.807) is 32.0 Å². The van der Waals surface area contributed by atoms with Gasteiger partial charge in [0, 0.05) is 18.7 Å². The van der Waals surface area contributed by atoms with E-state index in [-0.39, 0.29) is 30.1 Å². The summed E-state index contributed by atoms with van der Waals surface area (Å²) in [5.74, 6) is -0.0976. The fourth-order valence-corrected chi connectivity index (χ4v) is 2.51. The minimum atomic E-state index is -2.98. The molecule has 0 spiro atoms. The molecule has 134 valence electrons. The summed E-state index contributed by atoms with van der Waals surface area (Å²) >= 11 is 0. The van der Waals surface area contributed by atoms with Gasteiger partial charge in [0.1, 0.15) is 6.04 Å². The van der Waals surface area contributed by atoms with E-state index in [1.807, 2.05) is 0 Å². The molecule has 0 aromatic heterocycles. The molecule has 2 rings (SSSR count). The van der Waals surface area contributed by atoms with Crippen molar-refractivity contribution in [2.75, 3.05) is 19.8 Å². The van der Waals surface area contributed by atoms with E-state index in [9.17, 15) is 13.6 Å². The maximum Gasteiger partial charge on any atom is 0.387 e. The number of para-hydroxylation sites is 1. The van der Waals surface area contributed by atoms with E-state index >= 15 is 0 Å². The minimum absolute atomic E-state index is 0.0483. The molecule has 0 bridgehead atoms. The summed E-state index contributed by atoms with van der Waals surface area (Å²) in [4.78, 5) is 12.3. The third-order valence-electron chi connectivity index (χ3n) is 3.62. The maximum atomic E-state index is 12.7. The van der Waals surface area contributed by atoms with Crippen molar-refractivity contribution in [1.29, 1.82) is 0 Å². The second-order valence-electron chi connectivity index (χ2n) is 5.28. The molecule has 1 aromatic rings. The minimum Gasteiger partial charge on any atom is -0.490 e. The van der Waals surface area contributed by atoms with Gasteiger partial charge in [-0.3, -0.25) is 4.79 Å². The number of ether oxygens (including phenoxy) is 3. The number of rotatable bonds is 7. The summed E-state index contributed by atoms with van der Waals surface area (Å²) in [5, 5.41) is 5.79. The Hall–Kier alpha value is -1.93. The fourth-order valence-electron chi connectivity index (χ4n) is 2.51. The lowest BCUT2D eigenvalue weighted by Gasteiger charge is -2.29. The van der Waals surface area contributed by atoms with Crippen LogP contribution < -0.4 is 20.1 Å². The van der Waals surface area contributed by atoms with Crippen LogP contribution in [-0.2, 0) is 16.1 Å². The Morgan fingerprint density at radius 1 is 1.50 bits per heavy atom. The van der Waals surface area contributed by atoms with Gasteiger partial charge in [0.05, 0.1) is 19.3 Å². The van der Waals surface area contributed by atoms with Gasteiger partial charge < -0.3 is 24.8 Å². The molecule has 0 saturated carbocycles. The van der Waals surface area contributed by atoms with Crippen LogP contribution in [0.4, 0.5) is 8.78 Å². The van der Waals surface area contributed by atoms with Crippen molar-refractivity contribution in [1.82, 2.24) is 10.6 Å². The zero-order chi connectivity index (χ0) is 17.5. The number of hydrogen-bond acceptors (Lipinski definition) is 5. The molecule has 1 aliphatic rings. The van der Waals surface area contributed by atoms with Gasteiger partial charge in [-0.25, -0.2) is 0 Å². The fraction of sp³-hybridized carbons (Fsp3) is 0.562. The molecule has 1 aromatic carbocycles. The molecule has 2 N–H and O–H groups in total. The zero-order valence-electron chi connectivity index (χ0n) is 13.7. The molecule has 8 heteroatoms. The van der Waals surface area contributed by atoms with Crippen LogP contribution in [0.5, 0.6) is 11.5 Å². The molecule has 1 heterocycles. The second-order valence-corrected chi connectivity index (χ2v) is 5.28. The molecule has 1 fully saturated rings. The van der Waals surface area contributed by atoms with Crippen molar-refractivity contribution in [3.8, 4) is 11.5 Å². The van der Waals surface area contributed by atoms with Gasteiger partial charge in [0.15, 0.2) is 11.5 Å². The predicted molar refractivity (Wildman–Crippen MR) is 83.3 cm³/mol. The van der Waals surface area contributed by atoms with E-state index in [2.05, 4.69) is 15.4 Å². The van der Waals surface area contributed by atoms with Crippen molar-refractivity contribution >= 4 is 5.91 Å². The van der Waals surface area contributed by atoms with Crippen LogP contribution in [0, 0.1) is 0 Å². The summed E-state index contributed by atoms with van der Waals surface area (Å²) in [6, 6.07) is 4.34. The number of alkyl halides is 2. The Morgan fingerprint density at radius 3 is 2.96 bits per heavy atom. The number of benzene rings is 1. The van der Waals surface area contributed by atoms with Crippen LogP contribution >= 0.6 is 0 Å². The lowest BCUT2D eigenvalue weighted by Crippen LogP contribution is -2.55. The molecule has 1 aliphatic heterocycles. The molecule has 2 atom stereocenters. The average molecular weight is 344 g/mol.